The molecule has 0 spiro atoms. The van der Waals surface area contributed by atoms with Gasteiger partial charge in [0, 0.05) is 38.8 Å². The molecule has 1 N–H and O–H groups in total. The maximum Gasteiger partial charge on any atom is 0.219 e. The van der Waals surface area contributed by atoms with Gasteiger partial charge in [0.25, 0.3) is 0 Å². The second kappa shape index (κ2) is 11.9. The fraction of sp³-hybridized carbons (Fsp3) is 0.944. The van der Waals surface area contributed by atoms with Gasteiger partial charge in [-0.1, -0.05) is 13.8 Å². The topological polar surface area (TPSA) is 41.6 Å². The summed E-state index contributed by atoms with van der Waals surface area (Å²) >= 11 is 0. The highest BCUT2D eigenvalue weighted by Crippen LogP contribution is 2.19. The number of hydrogen-bond acceptors (Lipinski definition) is 3. The van der Waals surface area contributed by atoms with E-state index in [0.717, 1.165) is 32.2 Å². The van der Waals surface area contributed by atoms with Crippen molar-refractivity contribution in [3.05, 3.63) is 0 Å². The van der Waals surface area contributed by atoms with E-state index in [0.29, 0.717) is 6.04 Å². The van der Waals surface area contributed by atoms with Crippen molar-refractivity contribution in [3.63, 3.8) is 0 Å². The summed E-state index contributed by atoms with van der Waals surface area (Å²) in [5.74, 6) is 0.240. The molecule has 3 aliphatic heterocycles. The van der Waals surface area contributed by atoms with Gasteiger partial charge < -0.3 is 15.0 Å². The van der Waals surface area contributed by atoms with Crippen molar-refractivity contribution in [2.45, 2.75) is 84.2 Å². The Balaban J connectivity index is 0.000000175. The van der Waals surface area contributed by atoms with Gasteiger partial charge >= 0.3 is 0 Å². The van der Waals surface area contributed by atoms with Crippen LogP contribution in [-0.4, -0.2) is 49.2 Å². The molecule has 3 saturated heterocycles. The molecule has 130 valence electrons. The molecule has 1 amide bonds. The lowest BCUT2D eigenvalue weighted by molar-refractivity contribution is -0.129. The van der Waals surface area contributed by atoms with Gasteiger partial charge in [0.15, 0.2) is 0 Å². The number of rotatable bonds is 2. The first-order valence-corrected chi connectivity index (χ1v) is 9.27. The number of amides is 1. The fourth-order valence-electron chi connectivity index (χ4n) is 3.29. The minimum absolute atomic E-state index is 0.240. The zero-order valence-corrected chi connectivity index (χ0v) is 14.9. The van der Waals surface area contributed by atoms with Crippen molar-refractivity contribution in [3.8, 4) is 0 Å². The second-order valence-electron chi connectivity index (χ2n) is 6.44. The number of hydrogen-bond donors (Lipinski definition) is 1. The first kappa shape index (κ1) is 19.4. The average molecular weight is 312 g/mol. The lowest BCUT2D eigenvalue weighted by atomic mass is 10.2. The first-order valence-electron chi connectivity index (χ1n) is 9.27. The van der Waals surface area contributed by atoms with Crippen LogP contribution in [0, 0.1) is 0 Å². The van der Waals surface area contributed by atoms with Crippen LogP contribution in [0.25, 0.3) is 0 Å². The molecule has 3 aliphatic rings. The highest BCUT2D eigenvalue weighted by molar-refractivity contribution is 5.73. The van der Waals surface area contributed by atoms with E-state index in [2.05, 4.69) is 19.2 Å². The van der Waals surface area contributed by atoms with E-state index in [4.69, 9.17) is 4.74 Å². The molecule has 4 heteroatoms. The normalized spacial score (nSPS) is 27.0. The Labute approximate surface area is 137 Å². The lowest BCUT2D eigenvalue weighted by Gasteiger charge is -2.21. The van der Waals surface area contributed by atoms with Crippen LogP contribution in [0.5, 0.6) is 0 Å². The second-order valence-corrected chi connectivity index (χ2v) is 6.44. The van der Waals surface area contributed by atoms with E-state index in [-0.39, 0.29) is 5.91 Å². The maximum atomic E-state index is 10.9. The summed E-state index contributed by atoms with van der Waals surface area (Å²) < 4.78 is 4.94. The minimum Gasteiger partial charge on any atom is -0.381 e. The third-order valence-corrected chi connectivity index (χ3v) is 4.74. The van der Waals surface area contributed by atoms with E-state index in [9.17, 15) is 4.79 Å². The Morgan fingerprint density at radius 3 is 2.14 bits per heavy atom. The maximum absolute atomic E-state index is 10.9. The standard InChI is InChI=1S/C8H15NO.C6H13N.C4H8O/c1-3-8-5-4-6-9(8)7(2)10;1-2-6-4-3-5-7-6;1-2-4-5-3-1/h8H,3-6H2,1-2H3;6-7H,2-5H2,1H3;1-4H2. The molecule has 0 aliphatic carbocycles. The molecule has 2 unspecified atom stereocenters. The van der Waals surface area contributed by atoms with E-state index >= 15 is 0 Å². The molecule has 0 saturated carbocycles. The quantitative estimate of drug-likeness (QED) is 0.850. The van der Waals surface area contributed by atoms with Crippen LogP contribution >= 0.6 is 0 Å². The predicted octanol–water partition coefficient (Wildman–Crippen LogP) is 3.35. The number of ether oxygens (including phenoxy) is 1. The highest BCUT2D eigenvalue weighted by atomic mass is 16.5. The van der Waals surface area contributed by atoms with Crippen LogP contribution < -0.4 is 5.32 Å². The summed E-state index contributed by atoms with van der Waals surface area (Å²) in [6.07, 6.45) is 10.2. The molecular weight excluding hydrogens is 276 g/mol. The van der Waals surface area contributed by atoms with E-state index in [1.807, 2.05) is 4.90 Å². The molecule has 0 aromatic rings. The van der Waals surface area contributed by atoms with Crippen molar-refractivity contribution in [1.29, 1.82) is 0 Å². The number of carbonyl (C=O) groups is 1. The van der Waals surface area contributed by atoms with Crippen LogP contribution in [0.4, 0.5) is 0 Å². The Morgan fingerprint density at radius 2 is 1.82 bits per heavy atom. The average Bonchev–Trinajstić information content (AvgIpc) is 3.31. The van der Waals surface area contributed by atoms with Crippen molar-refractivity contribution in [1.82, 2.24) is 10.2 Å². The SMILES string of the molecule is C1CCOC1.CCC1CCCN1.CCC1CCCN1C(C)=O. The molecule has 0 aromatic heterocycles. The van der Waals surface area contributed by atoms with Gasteiger partial charge in [0.1, 0.15) is 0 Å². The molecule has 4 nitrogen and oxygen atoms in total. The molecule has 0 radical (unpaired) electrons. The van der Waals surface area contributed by atoms with Gasteiger partial charge in [0.2, 0.25) is 5.91 Å². The molecule has 0 aromatic carbocycles. The van der Waals surface area contributed by atoms with Gasteiger partial charge in [-0.2, -0.15) is 0 Å². The Kier molecular flexibility index (Phi) is 10.5. The molecule has 3 rings (SSSR count). The van der Waals surface area contributed by atoms with E-state index in [1.54, 1.807) is 6.92 Å². The third kappa shape index (κ3) is 7.59. The molecule has 22 heavy (non-hydrogen) atoms. The van der Waals surface area contributed by atoms with Crippen molar-refractivity contribution in [2.75, 3.05) is 26.3 Å². The molecule has 2 atom stereocenters. The van der Waals surface area contributed by atoms with Crippen LogP contribution in [0.3, 0.4) is 0 Å². The van der Waals surface area contributed by atoms with Gasteiger partial charge in [0.05, 0.1) is 0 Å². The fourth-order valence-corrected chi connectivity index (χ4v) is 3.29. The Bertz CT molecular complexity index is 279. The largest absolute Gasteiger partial charge is 0.381 e. The molecular formula is C18H36N2O2. The minimum atomic E-state index is 0.240. The van der Waals surface area contributed by atoms with Crippen molar-refractivity contribution < 1.29 is 9.53 Å². The molecule has 0 bridgehead atoms. The molecule has 3 fully saturated rings. The van der Waals surface area contributed by atoms with Crippen LogP contribution in [-0.2, 0) is 9.53 Å². The number of likely N-dealkylation sites (tertiary alicyclic amines) is 1. The summed E-state index contributed by atoms with van der Waals surface area (Å²) in [7, 11) is 0. The van der Waals surface area contributed by atoms with Gasteiger partial charge in [-0.3, -0.25) is 4.79 Å². The Morgan fingerprint density at radius 1 is 1.09 bits per heavy atom. The summed E-state index contributed by atoms with van der Waals surface area (Å²) in [6.45, 7) is 10.3. The zero-order valence-electron chi connectivity index (χ0n) is 14.9. The number of nitrogens with zero attached hydrogens (tertiary/aromatic N) is 1. The molecule has 3 heterocycles. The summed E-state index contributed by atoms with van der Waals surface area (Å²) in [5, 5.41) is 3.41. The highest BCUT2D eigenvalue weighted by Gasteiger charge is 2.24. The van der Waals surface area contributed by atoms with Gasteiger partial charge in [-0.05, 0) is 57.9 Å². The van der Waals surface area contributed by atoms with Gasteiger partial charge in [-0.15, -0.1) is 0 Å². The summed E-state index contributed by atoms with van der Waals surface area (Å²) in [6, 6.07) is 1.39. The summed E-state index contributed by atoms with van der Waals surface area (Å²) in [5.41, 5.74) is 0. The smallest absolute Gasteiger partial charge is 0.219 e. The van der Waals surface area contributed by atoms with Crippen molar-refractivity contribution >= 4 is 5.91 Å². The van der Waals surface area contributed by atoms with Crippen molar-refractivity contribution in [2.24, 2.45) is 0 Å². The third-order valence-electron chi connectivity index (χ3n) is 4.74. The van der Waals surface area contributed by atoms with E-state index < -0.39 is 0 Å². The first-order chi connectivity index (χ1) is 10.7. The predicted molar refractivity (Wildman–Crippen MR) is 92.1 cm³/mol. The number of nitrogens with one attached hydrogen (secondary N) is 1. The Hall–Kier alpha value is -0.610. The lowest BCUT2D eigenvalue weighted by Crippen LogP contribution is -2.32. The van der Waals surface area contributed by atoms with Crippen LogP contribution in [0.15, 0.2) is 0 Å². The van der Waals surface area contributed by atoms with Crippen LogP contribution in [0.2, 0.25) is 0 Å². The number of carbonyl (C=O) groups excluding carboxylic acids is 1. The van der Waals surface area contributed by atoms with Gasteiger partial charge in [-0.25, -0.2) is 0 Å². The van der Waals surface area contributed by atoms with Crippen LogP contribution in [0.1, 0.15) is 72.1 Å². The zero-order chi connectivity index (χ0) is 16.2. The monoisotopic (exact) mass is 312 g/mol. The summed E-state index contributed by atoms with van der Waals surface area (Å²) in [4.78, 5) is 12.9. The van der Waals surface area contributed by atoms with E-state index in [1.165, 1.54) is 51.5 Å².